The van der Waals surface area contributed by atoms with Crippen molar-refractivity contribution < 1.29 is 9.59 Å². The number of hydrogen-bond donors (Lipinski definition) is 1. The van der Waals surface area contributed by atoms with E-state index in [4.69, 9.17) is 0 Å². The van der Waals surface area contributed by atoms with Crippen LogP contribution in [0.3, 0.4) is 0 Å². The quantitative estimate of drug-likeness (QED) is 0.880. The second kappa shape index (κ2) is 7.99. The Bertz CT molecular complexity index is 614. The summed E-state index contributed by atoms with van der Waals surface area (Å²) in [6.45, 7) is 5.58. The molecule has 0 radical (unpaired) electrons. The van der Waals surface area contributed by atoms with E-state index in [0.717, 1.165) is 44.7 Å². The number of amides is 2. The Kier molecular flexibility index (Phi) is 5.73. The number of likely N-dealkylation sites (tertiary alicyclic amines) is 1. The van der Waals surface area contributed by atoms with Crippen LogP contribution >= 0.6 is 0 Å². The smallest absolute Gasteiger partial charge is 0.228 e. The Balaban J connectivity index is 1.71. The monoisotopic (exact) mass is 347 g/mol. The molecule has 2 amide bonds. The molecule has 2 saturated heterocycles. The molecule has 0 aliphatic carbocycles. The van der Waals surface area contributed by atoms with Crippen LogP contribution in [0.25, 0.3) is 0 Å². The highest BCUT2D eigenvalue weighted by Gasteiger charge is 2.36. The third-order valence-electron chi connectivity index (χ3n) is 5.27. The van der Waals surface area contributed by atoms with E-state index in [9.17, 15) is 9.59 Å². The van der Waals surface area contributed by atoms with E-state index in [-0.39, 0.29) is 23.8 Å². The van der Waals surface area contributed by atoms with Crippen LogP contribution in [-0.2, 0) is 16.6 Å². The van der Waals surface area contributed by atoms with Crippen molar-refractivity contribution in [2.45, 2.75) is 38.6 Å². The molecule has 3 rings (SSSR count). The number of aryl methyl sites for hydroxylation is 1. The summed E-state index contributed by atoms with van der Waals surface area (Å²) in [6.07, 6.45) is 6.89. The van der Waals surface area contributed by atoms with Gasteiger partial charge in [0.2, 0.25) is 11.8 Å². The van der Waals surface area contributed by atoms with Gasteiger partial charge < -0.3 is 19.7 Å². The van der Waals surface area contributed by atoms with Crippen LogP contribution in [-0.4, -0.2) is 63.9 Å². The zero-order valence-corrected chi connectivity index (χ0v) is 15.3. The van der Waals surface area contributed by atoms with Gasteiger partial charge in [-0.2, -0.15) is 0 Å². The lowest BCUT2D eigenvalue weighted by Gasteiger charge is -2.40. The number of rotatable bonds is 4. The van der Waals surface area contributed by atoms with Gasteiger partial charge in [0.25, 0.3) is 0 Å². The molecule has 25 heavy (non-hydrogen) atoms. The molecule has 0 bridgehead atoms. The second-order valence-electron chi connectivity index (χ2n) is 7.08. The topological polar surface area (TPSA) is 70.5 Å². The van der Waals surface area contributed by atoms with E-state index in [1.807, 2.05) is 34.5 Å². The van der Waals surface area contributed by atoms with Crippen molar-refractivity contribution in [1.29, 1.82) is 0 Å². The summed E-state index contributed by atoms with van der Waals surface area (Å²) >= 11 is 0. The Morgan fingerprint density at radius 2 is 2.20 bits per heavy atom. The zero-order chi connectivity index (χ0) is 17.8. The Morgan fingerprint density at radius 3 is 2.92 bits per heavy atom. The minimum absolute atomic E-state index is 0.0389. The Labute approximate surface area is 149 Å². The SMILES string of the molecule is CCCC(=O)N1CCCC(C(=O)N2CCNCC2c2nccn2C)C1. The normalized spacial score (nSPS) is 24.4. The largest absolute Gasteiger partial charge is 0.342 e. The third kappa shape index (κ3) is 3.86. The van der Waals surface area contributed by atoms with Gasteiger partial charge >= 0.3 is 0 Å². The standard InChI is InChI=1S/C18H29N5O2/c1-3-5-16(24)22-9-4-6-14(13-22)18(25)23-11-7-19-12-15(23)17-20-8-10-21(17)2/h8,10,14-15,19H,3-7,9,11-13H2,1-2H3. The van der Waals surface area contributed by atoms with E-state index in [1.165, 1.54) is 0 Å². The number of imidazole rings is 1. The first kappa shape index (κ1) is 17.9. The maximum atomic E-state index is 13.2. The van der Waals surface area contributed by atoms with E-state index >= 15 is 0 Å². The zero-order valence-electron chi connectivity index (χ0n) is 15.3. The van der Waals surface area contributed by atoms with Gasteiger partial charge in [0.05, 0.1) is 5.92 Å². The minimum Gasteiger partial charge on any atom is -0.342 e. The molecular formula is C18H29N5O2. The van der Waals surface area contributed by atoms with Crippen molar-refractivity contribution in [3.05, 3.63) is 18.2 Å². The summed E-state index contributed by atoms with van der Waals surface area (Å²) in [5, 5.41) is 3.37. The second-order valence-corrected chi connectivity index (χ2v) is 7.08. The molecule has 0 aromatic carbocycles. The summed E-state index contributed by atoms with van der Waals surface area (Å²) in [5.41, 5.74) is 0. The number of carbonyl (C=O) groups is 2. The molecule has 0 saturated carbocycles. The predicted octanol–water partition coefficient (Wildman–Crippen LogP) is 0.932. The van der Waals surface area contributed by atoms with Gasteiger partial charge in [0.1, 0.15) is 11.9 Å². The third-order valence-corrected chi connectivity index (χ3v) is 5.27. The molecule has 1 N–H and O–H groups in total. The molecule has 7 heteroatoms. The first-order valence-corrected chi connectivity index (χ1v) is 9.38. The van der Waals surface area contributed by atoms with E-state index in [2.05, 4.69) is 10.3 Å². The van der Waals surface area contributed by atoms with Crippen molar-refractivity contribution in [3.63, 3.8) is 0 Å². The summed E-state index contributed by atoms with van der Waals surface area (Å²) in [5.74, 6) is 1.18. The average molecular weight is 347 g/mol. The fourth-order valence-corrected chi connectivity index (χ4v) is 3.91. The number of piperidine rings is 1. The lowest BCUT2D eigenvalue weighted by molar-refractivity contribution is -0.143. The van der Waals surface area contributed by atoms with Crippen LogP contribution in [0.4, 0.5) is 0 Å². The number of aromatic nitrogens is 2. The molecule has 2 fully saturated rings. The van der Waals surface area contributed by atoms with Crippen LogP contribution in [0.15, 0.2) is 12.4 Å². The van der Waals surface area contributed by atoms with E-state index in [1.54, 1.807) is 6.20 Å². The molecule has 1 aromatic rings. The highest BCUT2D eigenvalue weighted by molar-refractivity contribution is 5.82. The molecular weight excluding hydrogens is 318 g/mol. The van der Waals surface area contributed by atoms with Crippen LogP contribution in [0, 0.1) is 5.92 Å². The van der Waals surface area contributed by atoms with Gasteiger partial charge in [-0.25, -0.2) is 4.98 Å². The predicted molar refractivity (Wildman–Crippen MR) is 94.7 cm³/mol. The van der Waals surface area contributed by atoms with Crippen molar-refractivity contribution >= 4 is 11.8 Å². The average Bonchev–Trinajstić information content (AvgIpc) is 3.07. The molecule has 3 heterocycles. The van der Waals surface area contributed by atoms with Gasteiger partial charge in [0, 0.05) is 58.6 Å². The minimum atomic E-state index is -0.0876. The Hall–Kier alpha value is -1.89. The summed E-state index contributed by atoms with van der Waals surface area (Å²) in [6, 6.07) is -0.0389. The first-order chi connectivity index (χ1) is 12.1. The fraction of sp³-hybridized carbons (Fsp3) is 0.722. The van der Waals surface area contributed by atoms with Crippen molar-refractivity contribution in [3.8, 4) is 0 Å². The highest BCUT2D eigenvalue weighted by Crippen LogP contribution is 2.26. The maximum absolute atomic E-state index is 13.2. The van der Waals surface area contributed by atoms with Crippen molar-refractivity contribution in [2.24, 2.45) is 13.0 Å². The molecule has 138 valence electrons. The van der Waals surface area contributed by atoms with Crippen LogP contribution in [0.1, 0.15) is 44.5 Å². The van der Waals surface area contributed by atoms with Gasteiger partial charge in [-0.1, -0.05) is 6.92 Å². The lowest BCUT2D eigenvalue weighted by Crippen LogP contribution is -2.53. The summed E-state index contributed by atoms with van der Waals surface area (Å²) < 4.78 is 1.98. The number of hydrogen-bond acceptors (Lipinski definition) is 4. The molecule has 1 aromatic heterocycles. The van der Waals surface area contributed by atoms with Gasteiger partial charge in [-0.3, -0.25) is 9.59 Å². The molecule has 7 nitrogen and oxygen atoms in total. The maximum Gasteiger partial charge on any atom is 0.228 e. The lowest BCUT2D eigenvalue weighted by atomic mass is 9.95. The number of nitrogens with one attached hydrogen (secondary N) is 1. The van der Waals surface area contributed by atoms with Crippen LogP contribution < -0.4 is 5.32 Å². The number of carbonyl (C=O) groups excluding carboxylic acids is 2. The summed E-state index contributed by atoms with van der Waals surface area (Å²) in [7, 11) is 1.96. The summed E-state index contributed by atoms with van der Waals surface area (Å²) in [4.78, 5) is 33.7. The molecule has 2 aliphatic heterocycles. The molecule has 2 atom stereocenters. The van der Waals surface area contributed by atoms with E-state index in [0.29, 0.717) is 19.5 Å². The van der Waals surface area contributed by atoms with Crippen LogP contribution in [0.5, 0.6) is 0 Å². The highest BCUT2D eigenvalue weighted by atomic mass is 16.2. The molecule has 2 aliphatic rings. The Morgan fingerprint density at radius 1 is 1.36 bits per heavy atom. The fourth-order valence-electron chi connectivity index (χ4n) is 3.91. The number of nitrogens with zero attached hydrogens (tertiary/aromatic N) is 4. The molecule has 0 spiro atoms. The molecule has 2 unspecified atom stereocenters. The van der Waals surface area contributed by atoms with Gasteiger partial charge in [0.15, 0.2) is 0 Å². The number of piperazine rings is 1. The van der Waals surface area contributed by atoms with Crippen molar-refractivity contribution in [1.82, 2.24) is 24.7 Å². The van der Waals surface area contributed by atoms with Gasteiger partial charge in [-0.05, 0) is 19.3 Å². The van der Waals surface area contributed by atoms with E-state index < -0.39 is 0 Å². The van der Waals surface area contributed by atoms with Crippen LogP contribution in [0.2, 0.25) is 0 Å². The first-order valence-electron chi connectivity index (χ1n) is 9.38. The van der Waals surface area contributed by atoms with Crippen molar-refractivity contribution in [2.75, 3.05) is 32.7 Å². The van der Waals surface area contributed by atoms with Gasteiger partial charge in [-0.15, -0.1) is 0 Å².